The second-order valence-corrected chi connectivity index (χ2v) is 6.02. The zero-order valence-electron chi connectivity index (χ0n) is 12.9. The number of rotatable bonds is 3. The first-order valence-electron chi connectivity index (χ1n) is 7.28. The number of aliphatic hydroxyl groups is 1. The molecule has 0 spiro atoms. The Morgan fingerprint density at radius 1 is 1.00 bits per heavy atom. The van der Waals surface area contributed by atoms with Gasteiger partial charge < -0.3 is 5.11 Å². The van der Waals surface area contributed by atoms with Crippen molar-refractivity contribution in [2.75, 3.05) is 4.90 Å². The van der Waals surface area contributed by atoms with E-state index in [1.807, 2.05) is 18.2 Å². The predicted octanol–water partition coefficient (Wildman–Crippen LogP) is 4.11. The van der Waals surface area contributed by atoms with Gasteiger partial charge in [0.05, 0.1) is 0 Å². The Morgan fingerprint density at radius 3 is 2.16 bits per heavy atom. The molecule has 0 fully saturated rings. The topological polar surface area (TPSA) is 88.1 Å². The molecule has 2 aromatic rings. The average molecular weight is 345 g/mol. The summed E-state index contributed by atoms with van der Waals surface area (Å²) >= 11 is 0.908. The molecule has 0 aromatic heterocycles. The van der Waals surface area contributed by atoms with Gasteiger partial charge in [0.25, 0.3) is 0 Å². The van der Waals surface area contributed by atoms with Crippen LogP contribution < -0.4 is 4.90 Å². The summed E-state index contributed by atoms with van der Waals surface area (Å²) in [6.45, 7) is 0. The molecule has 3 rings (SSSR count). The molecule has 0 saturated carbocycles. The van der Waals surface area contributed by atoms with Crippen LogP contribution in [-0.2, 0) is 0 Å². The van der Waals surface area contributed by atoms with Crippen molar-refractivity contribution in [1.82, 2.24) is 0 Å². The van der Waals surface area contributed by atoms with Gasteiger partial charge in [0.2, 0.25) is 11.7 Å². The molecule has 0 radical (unpaired) electrons. The summed E-state index contributed by atoms with van der Waals surface area (Å²) < 4.78 is 0. The highest BCUT2D eigenvalue weighted by atomic mass is 32.2. The Bertz CT molecular complexity index is 967. The number of thioether (sulfide) groups is 1. The van der Waals surface area contributed by atoms with Crippen LogP contribution in [-0.4, -0.2) is 10.9 Å². The number of carbonyl (C=O) groups excluding carboxylic acids is 1. The molecule has 0 amide bonds. The van der Waals surface area contributed by atoms with Gasteiger partial charge in [0.1, 0.15) is 22.7 Å². The Hall–Kier alpha value is -3.48. The van der Waals surface area contributed by atoms with Crippen molar-refractivity contribution in [2.24, 2.45) is 0 Å². The standard InChI is InChI=1S/C19H11N3O2S/c20-11-15(17(23)13-7-3-1-4-8-13)19-22(14-9-5-2-6-10-14)18(24)16(12-21)25-19/h1-10,24H/b19-15+. The highest BCUT2D eigenvalue weighted by Gasteiger charge is 2.34. The van der Waals surface area contributed by atoms with Crippen molar-refractivity contribution >= 4 is 23.2 Å². The molecule has 1 N–H and O–H groups in total. The number of aliphatic hydroxyl groups excluding tert-OH is 1. The van der Waals surface area contributed by atoms with Crippen LogP contribution in [0.5, 0.6) is 0 Å². The van der Waals surface area contributed by atoms with Crippen molar-refractivity contribution in [2.45, 2.75) is 0 Å². The fraction of sp³-hybridized carbons (Fsp3) is 0. The predicted molar refractivity (Wildman–Crippen MR) is 95.2 cm³/mol. The molecule has 0 aliphatic carbocycles. The van der Waals surface area contributed by atoms with Crippen LogP contribution in [0, 0.1) is 22.7 Å². The fourth-order valence-corrected chi connectivity index (χ4v) is 3.31. The lowest BCUT2D eigenvalue weighted by Gasteiger charge is -2.20. The number of para-hydroxylation sites is 1. The summed E-state index contributed by atoms with van der Waals surface area (Å²) in [5, 5.41) is 29.4. The average Bonchev–Trinajstić information content (AvgIpc) is 3.00. The smallest absolute Gasteiger partial charge is 0.222 e. The lowest BCUT2D eigenvalue weighted by atomic mass is 10.1. The number of carbonyl (C=O) groups is 1. The van der Waals surface area contributed by atoms with Crippen LogP contribution in [0.2, 0.25) is 0 Å². The SMILES string of the molecule is N#CC1=C(O)N(c2ccccc2)/C(=C(/C#N)C(=O)c2ccccc2)S1. The van der Waals surface area contributed by atoms with Gasteiger partial charge >= 0.3 is 0 Å². The molecule has 120 valence electrons. The number of nitrogens with zero attached hydrogens (tertiary/aromatic N) is 3. The van der Waals surface area contributed by atoms with Crippen LogP contribution in [0.1, 0.15) is 10.4 Å². The molecule has 1 heterocycles. The monoisotopic (exact) mass is 345 g/mol. The number of hydrogen-bond acceptors (Lipinski definition) is 6. The number of allylic oxidation sites excluding steroid dienone is 2. The number of hydrogen-bond donors (Lipinski definition) is 1. The molecule has 0 unspecified atom stereocenters. The maximum Gasteiger partial charge on any atom is 0.222 e. The molecule has 0 atom stereocenters. The largest absolute Gasteiger partial charge is 0.493 e. The van der Waals surface area contributed by atoms with E-state index in [0.29, 0.717) is 11.3 Å². The molecule has 0 saturated heterocycles. The molecule has 1 aliphatic rings. The zero-order chi connectivity index (χ0) is 17.8. The second kappa shape index (κ2) is 6.96. The van der Waals surface area contributed by atoms with E-state index in [4.69, 9.17) is 0 Å². The molecule has 1 aliphatic heterocycles. The van der Waals surface area contributed by atoms with Gasteiger partial charge in [-0.25, -0.2) is 0 Å². The molecule has 0 bridgehead atoms. The third-order valence-corrected chi connectivity index (χ3v) is 4.58. The van der Waals surface area contributed by atoms with E-state index < -0.39 is 5.78 Å². The summed E-state index contributed by atoms with van der Waals surface area (Å²) in [7, 11) is 0. The highest BCUT2D eigenvalue weighted by molar-refractivity contribution is 8.07. The quantitative estimate of drug-likeness (QED) is 0.512. The van der Waals surface area contributed by atoms with Crippen molar-refractivity contribution in [3.05, 3.63) is 87.6 Å². The van der Waals surface area contributed by atoms with Crippen LogP contribution in [0.25, 0.3) is 0 Å². The van der Waals surface area contributed by atoms with Crippen molar-refractivity contribution in [1.29, 1.82) is 10.5 Å². The minimum Gasteiger partial charge on any atom is -0.493 e. The first-order valence-corrected chi connectivity index (χ1v) is 8.09. The lowest BCUT2D eigenvalue weighted by Crippen LogP contribution is -2.19. The molecular formula is C19H11N3O2S. The Balaban J connectivity index is 2.16. The number of benzene rings is 2. The summed E-state index contributed by atoms with van der Waals surface area (Å²) in [4.78, 5) is 14.1. The maximum absolute atomic E-state index is 12.7. The van der Waals surface area contributed by atoms with Gasteiger partial charge in [-0.2, -0.15) is 10.5 Å². The van der Waals surface area contributed by atoms with Crippen LogP contribution in [0.4, 0.5) is 5.69 Å². The van der Waals surface area contributed by atoms with Gasteiger partial charge in [-0.3, -0.25) is 9.69 Å². The Kier molecular flexibility index (Phi) is 4.56. The molecule has 6 heteroatoms. The highest BCUT2D eigenvalue weighted by Crippen LogP contribution is 2.44. The summed E-state index contributed by atoms with van der Waals surface area (Å²) in [5.74, 6) is -0.749. The van der Waals surface area contributed by atoms with E-state index in [0.717, 1.165) is 11.8 Å². The number of anilines is 1. The van der Waals surface area contributed by atoms with Gasteiger partial charge in [0.15, 0.2) is 4.91 Å². The van der Waals surface area contributed by atoms with Crippen molar-refractivity contribution < 1.29 is 9.90 Å². The van der Waals surface area contributed by atoms with Crippen molar-refractivity contribution in [3.63, 3.8) is 0 Å². The zero-order valence-corrected chi connectivity index (χ0v) is 13.7. The molecular weight excluding hydrogens is 334 g/mol. The van der Waals surface area contributed by atoms with E-state index in [-0.39, 0.29) is 21.4 Å². The van der Waals surface area contributed by atoms with Crippen molar-refractivity contribution in [3.8, 4) is 12.1 Å². The third-order valence-electron chi connectivity index (χ3n) is 3.52. The van der Waals surface area contributed by atoms with E-state index in [9.17, 15) is 20.4 Å². The minimum atomic E-state index is -0.460. The molecule has 25 heavy (non-hydrogen) atoms. The van der Waals surface area contributed by atoms with Crippen LogP contribution in [0.15, 0.2) is 82.1 Å². The number of nitriles is 2. The Morgan fingerprint density at radius 2 is 1.60 bits per heavy atom. The minimum absolute atomic E-state index is 0.0347. The number of Topliss-reactive ketones (excluding diaryl/α,β-unsaturated/α-hetero) is 1. The Labute approximate surface area is 148 Å². The van der Waals surface area contributed by atoms with Crippen LogP contribution in [0.3, 0.4) is 0 Å². The van der Waals surface area contributed by atoms with E-state index >= 15 is 0 Å². The summed E-state index contributed by atoms with van der Waals surface area (Å²) in [5.41, 5.74) is 0.795. The summed E-state index contributed by atoms with van der Waals surface area (Å²) in [6, 6.07) is 21.0. The normalized spacial score (nSPS) is 15.5. The van der Waals surface area contributed by atoms with E-state index in [1.54, 1.807) is 54.6 Å². The van der Waals surface area contributed by atoms with Gasteiger partial charge in [-0.05, 0) is 12.1 Å². The summed E-state index contributed by atoms with van der Waals surface area (Å²) in [6.07, 6.45) is 0. The third kappa shape index (κ3) is 2.99. The second-order valence-electron chi connectivity index (χ2n) is 5.02. The first kappa shape index (κ1) is 16.4. The number of ketones is 1. The van der Waals surface area contributed by atoms with E-state index in [1.165, 1.54) is 4.90 Å². The maximum atomic E-state index is 12.7. The fourth-order valence-electron chi connectivity index (χ4n) is 2.37. The molecule has 5 nitrogen and oxygen atoms in total. The van der Waals surface area contributed by atoms with Crippen LogP contribution >= 0.6 is 11.8 Å². The molecule has 2 aromatic carbocycles. The lowest BCUT2D eigenvalue weighted by molar-refractivity contribution is 0.103. The first-order chi connectivity index (χ1) is 12.2. The van der Waals surface area contributed by atoms with Gasteiger partial charge in [-0.1, -0.05) is 60.3 Å². The van der Waals surface area contributed by atoms with Gasteiger partial charge in [-0.15, -0.1) is 0 Å². The van der Waals surface area contributed by atoms with Gasteiger partial charge in [0, 0.05) is 11.3 Å². The van der Waals surface area contributed by atoms with E-state index in [2.05, 4.69) is 0 Å².